The van der Waals surface area contributed by atoms with Crippen molar-refractivity contribution in [3.8, 4) is 22.3 Å². The number of benzene rings is 4. The highest BCUT2D eigenvalue weighted by atomic mass is 19.3. The number of alkyl halides is 4. The summed E-state index contributed by atoms with van der Waals surface area (Å²) in [7, 11) is 0. The van der Waals surface area contributed by atoms with Gasteiger partial charge in [-0.1, -0.05) is 90.0 Å². The van der Waals surface area contributed by atoms with Gasteiger partial charge in [-0.2, -0.15) is 17.6 Å². The second kappa shape index (κ2) is 16.3. The number of hydrogen-bond donors (Lipinski definition) is 4. The molecule has 0 amide bonds. The van der Waals surface area contributed by atoms with Crippen LogP contribution in [0.2, 0.25) is 0 Å². The normalized spacial score (nSPS) is 14.0. The molecule has 2 atom stereocenters. The number of rotatable bonds is 10. The zero-order valence-electron chi connectivity index (χ0n) is 30.6. The first-order valence-electron chi connectivity index (χ1n) is 17.3. The highest BCUT2D eigenvalue weighted by Crippen LogP contribution is 2.46. The molecule has 4 aromatic carbocycles. The fourth-order valence-corrected chi connectivity index (χ4v) is 6.01. The van der Waals surface area contributed by atoms with Crippen molar-refractivity contribution >= 4 is 0 Å². The van der Waals surface area contributed by atoms with Gasteiger partial charge in [-0.3, -0.25) is 9.97 Å². The van der Waals surface area contributed by atoms with Gasteiger partial charge < -0.3 is 21.7 Å². The van der Waals surface area contributed by atoms with Crippen molar-refractivity contribution in [3.05, 3.63) is 178 Å². The molecule has 6 aromatic rings. The number of nitrogens with zero attached hydrogens (tertiary/aromatic N) is 2. The Morgan fingerprint density at radius 1 is 0.482 bits per heavy atom. The SMILES string of the molecule is Cc1ccc(-c2ccc(C(F)(F)[C@@](O)(CN)c3ccc(C)cc3F)nc2)cc1.Cc1ccc(-c2ccc(C(F)(F)[C@](O)(CN)c3ccc(F)cc3F)nc2)cc1. The summed E-state index contributed by atoms with van der Waals surface area (Å²) in [6.45, 7) is 3.63. The summed E-state index contributed by atoms with van der Waals surface area (Å²) in [4.78, 5) is 7.62. The maximum absolute atomic E-state index is 15.2. The first-order valence-corrected chi connectivity index (χ1v) is 17.3. The van der Waals surface area contributed by atoms with Crippen LogP contribution in [0, 0.1) is 38.2 Å². The lowest BCUT2D eigenvalue weighted by Gasteiger charge is -2.35. The monoisotopic (exact) mass is 776 g/mol. The van der Waals surface area contributed by atoms with Crippen molar-refractivity contribution in [1.29, 1.82) is 0 Å². The van der Waals surface area contributed by atoms with Crippen molar-refractivity contribution in [2.75, 3.05) is 13.1 Å². The van der Waals surface area contributed by atoms with E-state index < -0.39 is 76.1 Å². The van der Waals surface area contributed by atoms with E-state index in [9.17, 15) is 23.4 Å². The van der Waals surface area contributed by atoms with E-state index in [2.05, 4.69) is 9.97 Å². The molecule has 0 bridgehead atoms. The van der Waals surface area contributed by atoms with Gasteiger partial charge in [-0.05, 0) is 61.7 Å². The van der Waals surface area contributed by atoms with Gasteiger partial charge in [0, 0.05) is 53.8 Å². The van der Waals surface area contributed by atoms with Gasteiger partial charge in [0.25, 0.3) is 0 Å². The molecule has 6 nitrogen and oxygen atoms in total. The topological polar surface area (TPSA) is 118 Å². The van der Waals surface area contributed by atoms with Crippen LogP contribution in [0.25, 0.3) is 22.3 Å². The molecule has 0 fully saturated rings. The Hall–Kier alpha value is -5.47. The summed E-state index contributed by atoms with van der Waals surface area (Å²) in [6, 6.07) is 25.7. The van der Waals surface area contributed by atoms with Gasteiger partial charge in [-0.25, -0.2) is 13.2 Å². The van der Waals surface area contributed by atoms with E-state index >= 15 is 17.6 Å². The van der Waals surface area contributed by atoms with Crippen molar-refractivity contribution in [3.63, 3.8) is 0 Å². The molecule has 0 aliphatic carbocycles. The highest BCUT2D eigenvalue weighted by Gasteiger charge is 2.57. The molecule has 0 aliphatic rings. The summed E-state index contributed by atoms with van der Waals surface area (Å²) in [5.41, 5.74) is 7.56. The van der Waals surface area contributed by atoms with Gasteiger partial charge in [0.05, 0.1) is 0 Å². The molecule has 0 saturated carbocycles. The minimum Gasteiger partial charge on any atom is -0.377 e. The third kappa shape index (κ3) is 8.07. The van der Waals surface area contributed by atoms with Crippen LogP contribution < -0.4 is 11.5 Å². The largest absolute Gasteiger partial charge is 0.377 e. The Morgan fingerprint density at radius 3 is 1.18 bits per heavy atom. The number of aryl methyl sites for hydroxylation is 3. The quantitative estimate of drug-likeness (QED) is 0.103. The first-order chi connectivity index (χ1) is 26.4. The van der Waals surface area contributed by atoms with E-state index in [-0.39, 0.29) is 0 Å². The molecule has 2 aromatic heterocycles. The smallest absolute Gasteiger partial charge is 0.323 e. The van der Waals surface area contributed by atoms with Gasteiger partial charge in [-0.15, -0.1) is 0 Å². The fourth-order valence-electron chi connectivity index (χ4n) is 6.01. The van der Waals surface area contributed by atoms with E-state index in [1.54, 1.807) is 6.92 Å². The molecule has 56 heavy (non-hydrogen) atoms. The number of hydrogen-bond acceptors (Lipinski definition) is 6. The Morgan fingerprint density at radius 2 is 0.839 bits per heavy atom. The molecule has 0 radical (unpaired) electrons. The zero-order valence-corrected chi connectivity index (χ0v) is 30.6. The Kier molecular flexibility index (Phi) is 12.2. The van der Waals surface area contributed by atoms with Gasteiger partial charge in [0.2, 0.25) is 0 Å². The van der Waals surface area contributed by atoms with Crippen molar-refractivity contribution in [2.45, 2.75) is 43.8 Å². The molecule has 0 saturated heterocycles. The average molecular weight is 777 g/mol. The zero-order chi connectivity index (χ0) is 41.1. The predicted octanol–water partition coefficient (Wildman–Crippen LogP) is 8.72. The van der Waals surface area contributed by atoms with E-state index in [1.807, 2.05) is 62.4 Å². The third-order valence-electron chi connectivity index (χ3n) is 9.52. The number of halogens is 7. The number of aromatic nitrogens is 2. The number of nitrogens with two attached hydrogens (primary N) is 2. The summed E-state index contributed by atoms with van der Waals surface area (Å²) in [5, 5.41) is 21.3. The molecule has 292 valence electrons. The molecule has 13 heteroatoms. The molecule has 6 rings (SSSR count). The van der Waals surface area contributed by atoms with Crippen LogP contribution in [0.4, 0.5) is 30.7 Å². The van der Waals surface area contributed by atoms with Crippen LogP contribution in [-0.2, 0) is 23.0 Å². The predicted molar refractivity (Wildman–Crippen MR) is 200 cm³/mol. The number of aliphatic hydroxyl groups is 2. The second-order valence-electron chi connectivity index (χ2n) is 13.5. The van der Waals surface area contributed by atoms with Gasteiger partial charge in [0.1, 0.15) is 28.8 Å². The Bertz CT molecular complexity index is 2110. The molecule has 6 N–H and O–H groups in total. The summed E-state index contributed by atoms with van der Waals surface area (Å²) in [6.07, 6.45) is 2.54. The van der Waals surface area contributed by atoms with Crippen LogP contribution in [0.3, 0.4) is 0 Å². The Labute approximate surface area is 319 Å². The maximum Gasteiger partial charge on any atom is 0.323 e. The lowest BCUT2D eigenvalue weighted by Crippen LogP contribution is -2.50. The second-order valence-corrected chi connectivity index (χ2v) is 13.5. The van der Waals surface area contributed by atoms with Gasteiger partial charge >= 0.3 is 11.8 Å². The van der Waals surface area contributed by atoms with E-state index in [0.717, 1.165) is 58.7 Å². The van der Waals surface area contributed by atoms with Crippen LogP contribution in [0.15, 0.2) is 122 Å². The van der Waals surface area contributed by atoms with Crippen LogP contribution >= 0.6 is 0 Å². The minimum atomic E-state index is -4.02. The Balaban J connectivity index is 0.000000214. The summed E-state index contributed by atoms with van der Waals surface area (Å²) >= 11 is 0. The van der Waals surface area contributed by atoms with Crippen LogP contribution in [0.1, 0.15) is 39.2 Å². The lowest BCUT2D eigenvalue weighted by molar-refractivity contribution is -0.193. The average Bonchev–Trinajstić information content (AvgIpc) is 3.18. The highest BCUT2D eigenvalue weighted by molar-refractivity contribution is 5.63. The third-order valence-corrected chi connectivity index (χ3v) is 9.52. The molecular formula is C43H39F7N4O2. The fraction of sp³-hybridized carbons (Fsp3) is 0.209. The molecule has 0 aliphatic heterocycles. The number of pyridine rings is 2. The molecule has 0 unspecified atom stereocenters. The molecule has 2 heterocycles. The minimum absolute atomic E-state index is 0.417. The van der Waals surface area contributed by atoms with Crippen molar-refractivity contribution < 1.29 is 40.9 Å². The maximum atomic E-state index is 15.2. The molecule has 0 spiro atoms. The van der Waals surface area contributed by atoms with E-state index in [1.165, 1.54) is 30.6 Å². The van der Waals surface area contributed by atoms with Crippen LogP contribution in [0.5, 0.6) is 0 Å². The van der Waals surface area contributed by atoms with Crippen molar-refractivity contribution in [2.24, 2.45) is 11.5 Å². The molecular weight excluding hydrogens is 737 g/mol. The van der Waals surface area contributed by atoms with Crippen LogP contribution in [-0.4, -0.2) is 33.3 Å². The first kappa shape index (κ1) is 41.7. The van der Waals surface area contributed by atoms with E-state index in [4.69, 9.17) is 11.5 Å². The summed E-state index contributed by atoms with van der Waals surface area (Å²) < 4.78 is 102. The van der Waals surface area contributed by atoms with Gasteiger partial charge in [0.15, 0.2) is 11.2 Å². The summed E-state index contributed by atoms with van der Waals surface area (Å²) in [5.74, 6) is -11.1. The lowest BCUT2D eigenvalue weighted by atomic mass is 9.84. The standard InChI is InChI=1S/C22H21F3N2O.C21H18F4N2O/c1-14-3-6-16(7-4-14)17-8-10-20(27-12-17)22(24,25)21(28,13-26)18-9-5-15(2)11-19(18)23;1-13-2-4-14(5-3-13)15-6-9-19(27-11-15)21(24,25)20(28,12-26)17-8-7-16(22)10-18(17)23/h3-12,28H,13,26H2,1-2H3;2-11,28H,12,26H2,1H3/t21-;20-/m10/s1. The van der Waals surface area contributed by atoms with E-state index in [0.29, 0.717) is 22.8 Å². The van der Waals surface area contributed by atoms with Crippen molar-refractivity contribution in [1.82, 2.24) is 9.97 Å².